The summed E-state index contributed by atoms with van der Waals surface area (Å²) in [5.41, 5.74) is 2.10. The predicted molar refractivity (Wildman–Crippen MR) is 74.1 cm³/mol. The van der Waals surface area contributed by atoms with Gasteiger partial charge in [-0.3, -0.25) is 9.98 Å². The summed E-state index contributed by atoms with van der Waals surface area (Å²) in [6, 6.07) is 3.93. The Balaban J connectivity index is 2.62. The molecule has 0 amide bonds. The monoisotopic (exact) mass is 229 g/mol. The average Bonchev–Trinajstić information content (AvgIpc) is 2.38. The summed E-state index contributed by atoms with van der Waals surface area (Å²) in [6.45, 7) is 4.53. The van der Waals surface area contributed by atoms with Crippen LogP contribution in [0.2, 0.25) is 0 Å². The molecular weight excluding hydrogens is 210 g/mol. The van der Waals surface area contributed by atoms with Crippen LogP contribution in [0, 0.1) is 0 Å². The molecule has 0 aliphatic heterocycles. The number of hydrogen-bond donors (Lipinski definition) is 1. The Morgan fingerprint density at radius 1 is 1.59 bits per heavy atom. The van der Waals surface area contributed by atoms with Gasteiger partial charge in [-0.1, -0.05) is 18.2 Å². The zero-order valence-corrected chi connectivity index (χ0v) is 10.3. The Hall–Kier alpha value is -1.74. The molecule has 0 radical (unpaired) electrons. The molecule has 0 spiro atoms. The first-order chi connectivity index (χ1) is 8.38. The zero-order valence-electron chi connectivity index (χ0n) is 10.3. The molecule has 1 rings (SSSR count). The van der Waals surface area contributed by atoms with E-state index in [2.05, 4.69) is 34.2 Å². The lowest BCUT2D eigenvalue weighted by molar-refractivity contribution is 0.735. The maximum absolute atomic E-state index is 4.10. The number of nitrogens with one attached hydrogen (secondary N) is 1. The number of allylic oxidation sites excluding steroid dienone is 3. The molecule has 3 nitrogen and oxygen atoms in total. The molecule has 0 aliphatic carbocycles. The standard InChI is InChI=1S/C14H19N3/c1-15-9-5-3-4-7-13(11-16-2)14-8-6-10-17-12-14/h4,6-8,10-12,15H,2-3,5,9H2,1H3/b7-4-,13-11+. The van der Waals surface area contributed by atoms with E-state index in [1.54, 1.807) is 12.4 Å². The molecule has 0 saturated heterocycles. The summed E-state index contributed by atoms with van der Waals surface area (Å²) in [4.78, 5) is 7.92. The quantitative estimate of drug-likeness (QED) is 0.443. The second-order valence-corrected chi connectivity index (χ2v) is 3.66. The highest BCUT2D eigenvalue weighted by Gasteiger charge is 1.96. The minimum atomic E-state index is 1.04. The summed E-state index contributed by atoms with van der Waals surface area (Å²) >= 11 is 0. The molecule has 1 N–H and O–H groups in total. The van der Waals surface area contributed by atoms with Crippen LogP contribution in [0.1, 0.15) is 18.4 Å². The first kappa shape index (κ1) is 13.3. The highest BCUT2D eigenvalue weighted by Crippen LogP contribution is 2.14. The summed E-state index contributed by atoms with van der Waals surface area (Å²) in [7, 11) is 1.96. The molecule has 3 heteroatoms. The maximum atomic E-state index is 4.10. The molecule has 90 valence electrons. The van der Waals surface area contributed by atoms with Gasteiger partial charge in [0.1, 0.15) is 0 Å². The van der Waals surface area contributed by atoms with Gasteiger partial charge in [0.25, 0.3) is 0 Å². The van der Waals surface area contributed by atoms with Gasteiger partial charge in [0.05, 0.1) is 0 Å². The van der Waals surface area contributed by atoms with Crippen LogP contribution in [0.5, 0.6) is 0 Å². The Labute approximate surface area is 103 Å². The van der Waals surface area contributed by atoms with E-state index in [0.717, 1.165) is 30.5 Å². The Kier molecular flexibility index (Phi) is 6.60. The largest absolute Gasteiger partial charge is 0.320 e. The smallest absolute Gasteiger partial charge is 0.0346 e. The van der Waals surface area contributed by atoms with Gasteiger partial charge in [-0.2, -0.15) is 0 Å². The highest BCUT2D eigenvalue weighted by molar-refractivity contribution is 5.73. The summed E-state index contributed by atoms with van der Waals surface area (Å²) < 4.78 is 0. The molecule has 0 fully saturated rings. The Morgan fingerprint density at radius 3 is 3.12 bits per heavy atom. The minimum absolute atomic E-state index is 1.04. The predicted octanol–water partition coefficient (Wildman–Crippen LogP) is 2.68. The van der Waals surface area contributed by atoms with Crippen LogP contribution in [0.4, 0.5) is 0 Å². The fourth-order valence-electron chi connectivity index (χ4n) is 1.45. The van der Waals surface area contributed by atoms with Crippen molar-refractivity contribution in [2.75, 3.05) is 13.6 Å². The van der Waals surface area contributed by atoms with Crippen molar-refractivity contribution in [3.63, 3.8) is 0 Å². The average molecular weight is 229 g/mol. The van der Waals surface area contributed by atoms with E-state index >= 15 is 0 Å². The van der Waals surface area contributed by atoms with Gasteiger partial charge >= 0.3 is 0 Å². The van der Waals surface area contributed by atoms with E-state index in [0.29, 0.717) is 0 Å². The van der Waals surface area contributed by atoms with Crippen molar-refractivity contribution in [1.29, 1.82) is 0 Å². The van der Waals surface area contributed by atoms with E-state index in [4.69, 9.17) is 0 Å². The van der Waals surface area contributed by atoms with Crippen LogP contribution < -0.4 is 5.32 Å². The number of aliphatic imine (C=N–C) groups is 1. The number of rotatable bonds is 7. The molecule has 1 aromatic heterocycles. The third kappa shape index (κ3) is 5.22. The lowest BCUT2D eigenvalue weighted by Gasteiger charge is -2.00. The lowest BCUT2D eigenvalue weighted by Crippen LogP contribution is -2.06. The second kappa shape index (κ2) is 8.42. The van der Waals surface area contributed by atoms with Gasteiger partial charge in [-0.05, 0) is 39.2 Å². The molecular formula is C14H19N3. The van der Waals surface area contributed by atoms with Crippen molar-refractivity contribution in [2.45, 2.75) is 12.8 Å². The van der Waals surface area contributed by atoms with E-state index < -0.39 is 0 Å². The minimum Gasteiger partial charge on any atom is -0.320 e. The second-order valence-electron chi connectivity index (χ2n) is 3.66. The third-order valence-corrected chi connectivity index (χ3v) is 2.32. The van der Waals surface area contributed by atoms with E-state index in [9.17, 15) is 0 Å². The Bertz CT molecular complexity index is 380. The van der Waals surface area contributed by atoms with Gasteiger partial charge in [0.15, 0.2) is 0 Å². The fourth-order valence-corrected chi connectivity index (χ4v) is 1.45. The topological polar surface area (TPSA) is 37.3 Å². The molecule has 1 aromatic rings. The molecule has 0 unspecified atom stereocenters. The molecule has 0 saturated carbocycles. The SMILES string of the molecule is C=N/C=C(\C=C/CCCNC)c1cccnc1. The molecule has 0 aromatic carbocycles. The van der Waals surface area contributed by atoms with Crippen molar-refractivity contribution in [2.24, 2.45) is 4.99 Å². The van der Waals surface area contributed by atoms with Gasteiger partial charge in [-0.15, -0.1) is 0 Å². The van der Waals surface area contributed by atoms with Crippen LogP contribution in [0.3, 0.4) is 0 Å². The van der Waals surface area contributed by atoms with Crippen LogP contribution in [0.25, 0.3) is 5.57 Å². The number of pyridine rings is 1. The lowest BCUT2D eigenvalue weighted by atomic mass is 10.1. The number of hydrogen-bond acceptors (Lipinski definition) is 3. The third-order valence-electron chi connectivity index (χ3n) is 2.32. The van der Waals surface area contributed by atoms with Crippen molar-refractivity contribution in [3.05, 3.63) is 48.4 Å². The summed E-state index contributed by atoms with van der Waals surface area (Å²) in [6.07, 6.45) is 11.8. The van der Waals surface area contributed by atoms with Gasteiger partial charge < -0.3 is 5.32 Å². The zero-order chi connectivity index (χ0) is 12.3. The fraction of sp³-hybridized carbons (Fsp3) is 0.286. The molecule has 17 heavy (non-hydrogen) atoms. The van der Waals surface area contributed by atoms with Crippen molar-refractivity contribution >= 4 is 12.3 Å². The Morgan fingerprint density at radius 2 is 2.47 bits per heavy atom. The first-order valence-corrected chi connectivity index (χ1v) is 5.76. The normalized spacial score (nSPS) is 11.9. The van der Waals surface area contributed by atoms with Crippen molar-refractivity contribution in [3.8, 4) is 0 Å². The molecule has 0 atom stereocenters. The van der Waals surface area contributed by atoms with E-state index in [-0.39, 0.29) is 0 Å². The van der Waals surface area contributed by atoms with E-state index in [1.807, 2.05) is 25.4 Å². The number of nitrogens with zero attached hydrogens (tertiary/aromatic N) is 2. The van der Waals surface area contributed by atoms with Gasteiger partial charge in [0.2, 0.25) is 0 Å². The molecule has 0 bridgehead atoms. The highest BCUT2D eigenvalue weighted by atomic mass is 14.8. The van der Waals surface area contributed by atoms with Crippen molar-refractivity contribution < 1.29 is 0 Å². The molecule has 1 heterocycles. The van der Waals surface area contributed by atoms with Gasteiger partial charge in [-0.25, -0.2) is 0 Å². The van der Waals surface area contributed by atoms with Crippen LogP contribution >= 0.6 is 0 Å². The molecule has 0 aliphatic rings. The number of unbranched alkanes of at least 4 members (excludes halogenated alkanes) is 1. The van der Waals surface area contributed by atoms with Crippen LogP contribution in [-0.2, 0) is 0 Å². The summed E-state index contributed by atoms with van der Waals surface area (Å²) in [5, 5.41) is 3.13. The summed E-state index contributed by atoms with van der Waals surface area (Å²) in [5.74, 6) is 0. The number of aromatic nitrogens is 1. The van der Waals surface area contributed by atoms with Crippen molar-refractivity contribution in [1.82, 2.24) is 10.3 Å². The maximum Gasteiger partial charge on any atom is 0.0346 e. The van der Waals surface area contributed by atoms with Crippen LogP contribution in [0.15, 0.2) is 47.9 Å². The van der Waals surface area contributed by atoms with E-state index in [1.165, 1.54) is 0 Å². The first-order valence-electron chi connectivity index (χ1n) is 5.76. The van der Waals surface area contributed by atoms with Crippen LogP contribution in [-0.4, -0.2) is 25.3 Å². The van der Waals surface area contributed by atoms with Gasteiger partial charge in [0, 0.05) is 29.7 Å².